The predicted octanol–water partition coefficient (Wildman–Crippen LogP) is 2.41. The largest absolute Gasteiger partial charge is 0.386 e. The molecule has 9 heteroatoms. The van der Waals surface area contributed by atoms with Gasteiger partial charge in [-0.05, 0) is 43.5 Å². The van der Waals surface area contributed by atoms with E-state index in [1.807, 2.05) is 26.8 Å². The maximum Gasteiger partial charge on any atom is 0.298 e. The first kappa shape index (κ1) is 23.8. The summed E-state index contributed by atoms with van der Waals surface area (Å²) in [5.41, 5.74) is -1.12. The van der Waals surface area contributed by atoms with E-state index >= 15 is 0 Å². The molecular formula is C19H29F2N4O2P. The molecule has 4 N–H and O–H groups in total. The first-order valence-electron chi connectivity index (χ1n) is 9.06. The minimum atomic E-state index is -3.34. The second kappa shape index (κ2) is 10.4. The molecule has 0 bridgehead atoms. The highest BCUT2D eigenvalue weighted by molar-refractivity contribution is 7.18. The molecule has 1 unspecified atom stereocenters. The highest BCUT2D eigenvalue weighted by atomic mass is 31.0. The lowest BCUT2D eigenvalue weighted by atomic mass is 10.00. The van der Waals surface area contributed by atoms with Crippen molar-refractivity contribution < 1.29 is 18.4 Å². The van der Waals surface area contributed by atoms with Crippen molar-refractivity contribution in [1.29, 1.82) is 0 Å². The van der Waals surface area contributed by atoms with Crippen molar-refractivity contribution in [2.45, 2.75) is 32.9 Å². The molecule has 0 radical (unpaired) electrons. The monoisotopic (exact) mass is 414 g/mol. The molecule has 2 amide bonds. The fraction of sp³-hybridized carbons (Fsp3) is 0.474. The average molecular weight is 414 g/mol. The van der Waals surface area contributed by atoms with Gasteiger partial charge in [-0.15, -0.1) is 0 Å². The van der Waals surface area contributed by atoms with Crippen LogP contribution in [0.1, 0.15) is 35.3 Å². The van der Waals surface area contributed by atoms with Crippen molar-refractivity contribution in [3.63, 3.8) is 0 Å². The van der Waals surface area contributed by atoms with Gasteiger partial charge in [0.25, 0.3) is 17.5 Å². The molecular weight excluding hydrogens is 385 g/mol. The summed E-state index contributed by atoms with van der Waals surface area (Å²) in [4.78, 5) is 24.9. The number of likely N-dealkylation sites (N-methyl/N-ethyl adjacent to an activating group) is 1. The van der Waals surface area contributed by atoms with Crippen LogP contribution in [-0.4, -0.2) is 44.7 Å². The summed E-state index contributed by atoms with van der Waals surface area (Å²) >= 11 is 0. The molecule has 0 aliphatic carbocycles. The Morgan fingerprint density at radius 3 is 2.25 bits per heavy atom. The molecule has 156 valence electrons. The van der Waals surface area contributed by atoms with E-state index in [9.17, 15) is 18.4 Å². The molecule has 0 aliphatic rings. The number of aryl methyl sites for hydroxylation is 1. The number of carbonyl (C=O) groups excluding carboxylic acids is 2. The zero-order chi connectivity index (χ0) is 21.5. The van der Waals surface area contributed by atoms with Crippen LogP contribution in [0.4, 0.5) is 14.5 Å². The Morgan fingerprint density at radius 2 is 1.79 bits per heavy atom. The number of nitrogens with one attached hydrogen (secondary N) is 4. The third kappa shape index (κ3) is 5.89. The molecule has 0 spiro atoms. The number of benzene rings is 1. The lowest BCUT2D eigenvalue weighted by Gasteiger charge is -2.20. The molecule has 1 rings (SSSR count). The van der Waals surface area contributed by atoms with E-state index in [2.05, 4.69) is 21.3 Å². The van der Waals surface area contributed by atoms with E-state index in [4.69, 9.17) is 0 Å². The number of amides is 2. The van der Waals surface area contributed by atoms with Crippen LogP contribution in [0.2, 0.25) is 0 Å². The summed E-state index contributed by atoms with van der Waals surface area (Å²) in [7, 11) is 4.03. The Labute approximate surface area is 167 Å². The van der Waals surface area contributed by atoms with Crippen LogP contribution in [-0.2, 0) is 11.2 Å². The van der Waals surface area contributed by atoms with E-state index < -0.39 is 23.2 Å². The van der Waals surface area contributed by atoms with Gasteiger partial charge in [0.1, 0.15) is 0 Å². The lowest BCUT2D eigenvalue weighted by Crippen LogP contribution is -2.37. The zero-order valence-electron chi connectivity index (χ0n) is 16.9. The van der Waals surface area contributed by atoms with E-state index in [0.717, 1.165) is 23.2 Å². The minimum Gasteiger partial charge on any atom is -0.386 e. The van der Waals surface area contributed by atoms with E-state index in [1.54, 1.807) is 6.07 Å². The molecule has 1 atom stereocenters. The summed E-state index contributed by atoms with van der Waals surface area (Å²) in [6.07, 6.45) is 0.742. The smallest absolute Gasteiger partial charge is 0.298 e. The second-order valence-corrected chi connectivity index (χ2v) is 6.91. The first-order valence-corrected chi connectivity index (χ1v) is 9.64. The van der Waals surface area contributed by atoms with Crippen LogP contribution in [0, 0.1) is 6.92 Å². The van der Waals surface area contributed by atoms with Crippen molar-refractivity contribution in [2.75, 3.05) is 32.5 Å². The number of hydrogen-bond donors (Lipinski definition) is 4. The van der Waals surface area contributed by atoms with Gasteiger partial charge in [-0.3, -0.25) is 9.59 Å². The Morgan fingerprint density at radius 1 is 1.14 bits per heavy atom. The Hall–Kier alpha value is -2.21. The number of hydrogen-bond acceptors (Lipinski definition) is 4. The van der Waals surface area contributed by atoms with Gasteiger partial charge in [0.2, 0.25) is 0 Å². The molecule has 1 aromatic rings. The molecule has 0 saturated carbocycles. The number of anilines is 1. The van der Waals surface area contributed by atoms with Crippen molar-refractivity contribution in [1.82, 2.24) is 16.0 Å². The Bertz CT molecular complexity index is 761. The lowest BCUT2D eigenvalue weighted by molar-refractivity contribution is -0.117. The van der Waals surface area contributed by atoms with Crippen LogP contribution >= 0.6 is 9.24 Å². The van der Waals surface area contributed by atoms with Gasteiger partial charge in [0.05, 0.1) is 17.8 Å². The summed E-state index contributed by atoms with van der Waals surface area (Å²) in [5, 5.41) is 10.5. The SMILES string of the molecule is CCNc1cc(CC)cc(C(=O)NC/C(C(=O)NC)=C(/NC)C(F)(F)P)c1C. The number of carbonyl (C=O) groups is 2. The van der Waals surface area contributed by atoms with Gasteiger partial charge in [0.15, 0.2) is 0 Å². The molecule has 0 aromatic heterocycles. The topological polar surface area (TPSA) is 82.3 Å². The Kier molecular flexibility index (Phi) is 8.82. The standard InChI is InChI=1S/C19H29F2N4O2P/c1-6-12-8-13(11(3)15(9-12)24-7-2)18(27)25-10-14(17(26)23-5)16(22-4)19(20,21)28/h8-9,22,24H,6-7,10,28H2,1-5H3,(H,23,26)(H,25,27)/b16-14-. The van der Waals surface area contributed by atoms with Gasteiger partial charge < -0.3 is 21.3 Å². The molecule has 1 aromatic carbocycles. The van der Waals surface area contributed by atoms with E-state index in [-0.39, 0.29) is 12.1 Å². The number of alkyl halides is 2. The summed E-state index contributed by atoms with van der Waals surface area (Å²) < 4.78 is 27.6. The highest BCUT2D eigenvalue weighted by Crippen LogP contribution is 2.31. The predicted molar refractivity (Wildman–Crippen MR) is 112 cm³/mol. The quantitative estimate of drug-likeness (QED) is 0.370. The van der Waals surface area contributed by atoms with Crippen LogP contribution in [0.25, 0.3) is 0 Å². The van der Waals surface area contributed by atoms with Gasteiger partial charge in [-0.2, -0.15) is 8.78 Å². The van der Waals surface area contributed by atoms with Crippen LogP contribution in [0.5, 0.6) is 0 Å². The van der Waals surface area contributed by atoms with Crippen LogP contribution < -0.4 is 21.3 Å². The molecule has 28 heavy (non-hydrogen) atoms. The highest BCUT2D eigenvalue weighted by Gasteiger charge is 2.32. The van der Waals surface area contributed by atoms with Crippen molar-refractivity contribution in [3.05, 3.63) is 40.1 Å². The van der Waals surface area contributed by atoms with E-state index in [1.165, 1.54) is 23.3 Å². The van der Waals surface area contributed by atoms with Crippen LogP contribution in [0.3, 0.4) is 0 Å². The average Bonchev–Trinajstić information content (AvgIpc) is 2.64. The van der Waals surface area contributed by atoms with Crippen LogP contribution in [0.15, 0.2) is 23.4 Å². The molecule has 0 saturated heterocycles. The summed E-state index contributed by atoms with van der Waals surface area (Å²) in [6.45, 7) is 6.12. The second-order valence-electron chi connectivity index (χ2n) is 6.19. The maximum absolute atomic E-state index is 13.8. The van der Waals surface area contributed by atoms with Crippen molar-refractivity contribution >= 4 is 26.7 Å². The van der Waals surface area contributed by atoms with Gasteiger partial charge in [-0.1, -0.05) is 16.2 Å². The number of halogens is 2. The Balaban J connectivity index is 3.23. The van der Waals surface area contributed by atoms with Gasteiger partial charge in [0, 0.05) is 31.9 Å². The van der Waals surface area contributed by atoms with Crippen molar-refractivity contribution in [2.24, 2.45) is 0 Å². The molecule has 0 fully saturated rings. The third-order valence-corrected chi connectivity index (χ3v) is 4.59. The fourth-order valence-electron chi connectivity index (χ4n) is 2.80. The number of rotatable bonds is 9. The molecule has 6 nitrogen and oxygen atoms in total. The van der Waals surface area contributed by atoms with Gasteiger partial charge in [-0.25, -0.2) is 0 Å². The number of allylic oxidation sites excluding steroid dienone is 1. The fourth-order valence-corrected chi connectivity index (χ4v) is 3.12. The molecule has 0 heterocycles. The summed E-state index contributed by atoms with van der Waals surface area (Å²) in [5.74, 6) is -1.13. The van der Waals surface area contributed by atoms with Gasteiger partial charge >= 0.3 is 0 Å². The van der Waals surface area contributed by atoms with Crippen molar-refractivity contribution in [3.8, 4) is 0 Å². The van der Waals surface area contributed by atoms with E-state index in [0.29, 0.717) is 12.1 Å². The molecule has 0 aliphatic heterocycles. The zero-order valence-corrected chi connectivity index (χ0v) is 18.1. The first-order chi connectivity index (χ1) is 13.1. The maximum atomic E-state index is 13.8. The third-order valence-electron chi connectivity index (χ3n) is 4.30. The normalized spacial score (nSPS) is 12.1. The summed E-state index contributed by atoms with van der Waals surface area (Å²) in [6, 6.07) is 3.76. The minimum absolute atomic E-state index is 0.241.